The van der Waals surface area contributed by atoms with Crippen LogP contribution in [0.2, 0.25) is 5.02 Å². The molecule has 1 aliphatic rings. The second-order valence-electron chi connectivity index (χ2n) is 6.00. The average molecular weight is 367 g/mol. The third-order valence-electron chi connectivity index (χ3n) is 4.12. The van der Waals surface area contributed by atoms with Crippen molar-refractivity contribution in [3.05, 3.63) is 51.7 Å². The number of hydrogen-bond donors (Lipinski definition) is 1. The van der Waals surface area contributed by atoms with E-state index >= 15 is 0 Å². The lowest BCUT2D eigenvalue weighted by Crippen LogP contribution is -2.44. The van der Waals surface area contributed by atoms with E-state index in [0.29, 0.717) is 13.1 Å². The third kappa shape index (κ3) is 5.19. The minimum atomic E-state index is -0.404. The number of aliphatic hydroxyl groups is 1. The molecule has 1 atom stereocenters. The molecule has 0 radical (unpaired) electrons. The van der Waals surface area contributed by atoms with E-state index < -0.39 is 6.10 Å². The molecule has 1 aromatic carbocycles. The molecular weight excluding hydrogens is 344 g/mol. The minimum Gasteiger partial charge on any atom is -0.390 e. The zero-order valence-electron chi connectivity index (χ0n) is 13.6. The Morgan fingerprint density at radius 1 is 1.21 bits per heavy atom. The normalized spacial score (nSPS) is 16.9. The Bertz CT molecular complexity index is 600. The number of benzene rings is 1. The van der Waals surface area contributed by atoms with Gasteiger partial charge in [0.2, 0.25) is 0 Å². The summed E-state index contributed by atoms with van der Waals surface area (Å²) in [6.07, 6.45) is -0.404. The molecule has 0 spiro atoms. The van der Waals surface area contributed by atoms with Crippen LogP contribution < -0.4 is 4.90 Å². The number of thiophene rings is 1. The van der Waals surface area contributed by atoms with Crippen LogP contribution in [0, 0.1) is 0 Å². The maximum Gasteiger partial charge on any atom is 0.0841 e. The van der Waals surface area contributed by atoms with Gasteiger partial charge in [-0.15, -0.1) is 11.3 Å². The van der Waals surface area contributed by atoms with Crippen molar-refractivity contribution in [2.24, 2.45) is 0 Å². The molecule has 0 saturated carbocycles. The summed E-state index contributed by atoms with van der Waals surface area (Å²) >= 11 is 7.74. The number of anilines is 1. The van der Waals surface area contributed by atoms with Crippen molar-refractivity contribution in [1.82, 2.24) is 4.90 Å². The van der Waals surface area contributed by atoms with Crippen LogP contribution in [0.15, 0.2) is 41.8 Å². The van der Waals surface area contributed by atoms with Gasteiger partial charge in [0.05, 0.1) is 25.9 Å². The summed E-state index contributed by atoms with van der Waals surface area (Å²) in [6, 6.07) is 12.0. The lowest BCUT2D eigenvalue weighted by atomic mass is 10.2. The van der Waals surface area contributed by atoms with Crippen molar-refractivity contribution in [3.8, 4) is 0 Å². The Labute approximate surface area is 152 Å². The minimum absolute atomic E-state index is 0.404. The smallest absolute Gasteiger partial charge is 0.0841 e. The number of hydrogen-bond acceptors (Lipinski definition) is 5. The van der Waals surface area contributed by atoms with Gasteiger partial charge in [-0.05, 0) is 35.7 Å². The van der Waals surface area contributed by atoms with Crippen molar-refractivity contribution >= 4 is 28.6 Å². The van der Waals surface area contributed by atoms with Gasteiger partial charge in [0.15, 0.2) is 0 Å². The van der Waals surface area contributed by atoms with E-state index in [2.05, 4.69) is 27.3 Å². The first-order valence-corrected chi connectivity index (χ1v) is 9.47. The van der Waals surface area contributed by atoms with Crippen molar-refractivity contribution in [2.45, 2.75) is 12.6 Å². The molecule has 1 aliphatic heterocycles. The van der Waals surface area contributed by atoms with Crippen LogP contribution in [0.4, 0.5) is 5.69 Å². The molecule has 130 valence electrons. The zero-order chi connectivity index (χ0) is 16.8. The number of rotatable bonds is 7. The summed E-state index contributed by atoms with van der Waals surface area (Å²) in [4.78, 5) is 5.76. The zero-order valence-corrected chi connectivity index (χ0v) is 15.2. The van der Waals surface area contributed by atoms with Crippen LogP contribution in [0.5, 0.6) is 0 Å². The fraction of sp³-hybridized carbons (Fsp3) is 0.444. The Morgan fingerprint density at radius 2 is 1.96 bits per heavy atom. The van der Waals surface area contributed by atoms with Gasteiger partial charge >= 0.3 is 0 Å². The third-order valence-corrected chi connectivity index (χ3v) is 5.24. The van der Waals surface area contributed by atoms with Crippen LogP contribution in [0.3, 0.4) is 0 Å². The molecule has 1 unspecified atom stereocenters. The molecule has 1 fully saturated rings. The molecule has 1 saturated heterocycles. The summed E-state index contributed by atoms with van der Waals surface area (Å²) in [5.74, 6) is 0. The molecule has 0 amide bonds. The van der Waals surface area contributed by atoms with E-state index in [1.807, 2.05) is 24.3 Å². The number of β-amino-alcohol motifs (C(OH)–C–C–N with tert-alkyl or cyclic N) is 1. The van der Waals surface area contributed by atoms with E-state index in [0.717, 1.165) is 43.6 Å². The van der Waals surface area contributed by atoms with Gasteiger partial charge < -0.3 is 14.7 Å². The van der Waals surface area contributed by atoms with E-state index in [-0.39, 0.29) is 0 Å². The van der Waals surface area contributed by atoms with Crippen molar-refractivity contribution in [1.29, 1.82) is 0 Å². The molecule has 3 rings (SSSR count). The van der Waals surface area contributed by atoms with Gasteiger partial charge in [-0.3, -0.25) is 4.90 Å². The maximum atomic E-state index is 10.6. The fourth-order valence-electron chi connectivity index (χ4n) is 2.90. The second-order valence-corrected chi connectivity index (χ2v) is 7.47. The molecule has 0 bridgehead atoms. The Balaban J connectivity index is 1.65. The first-order valence-electron chi connectivity index (χ1n) is 8.22. The van der Waals surface area contributed by atoms with Crippen LogP contribution in [0.25, 0.3) is 0 Å². The first-order chi connectivity index (χ1) is 11.7. The predicted octanol–water partition coefficient (Wildman–Crippen LogP) is 3.10. The van der Waals surface area contributed by atoms with E-state index in [1.54, 1.807) is 11.3 Å². The topological polar surface area (TPSA) is 35.9 Å². The van der Waals surface area contributed by atoms with Crippen LogP contribution in [-0.2, 0) is 11.3 Å². The highest BCUT2D eigenvalue weighted by Gasteiger charge is 2.18. The highest BCUT2D eigenvalue weighted by molar-refractivity contribution is 7.09. The summed E-state index contributed by atoms with van der Waals surface area (Å²) < 4.78 is 5.37. The van der Waals surface area contributed by atoms with Gasteiger partial charge in [0.25, 0.3) is 0 Å². The molecule has 6 heteroatoms. The summed E-state index contributed by atoms with van der Waals surface area (Å²) in [6.45, 7) is 5.35. The molecule has 4 nitrogen and oxygen atoms in total. The maximum absolute atomic E-state index is 10.6. The second kappa shape index (κ2) is 8.83. The molecule has 24 heavy (non-hydrogen) atoms. The molecule has 2 aromatic rings. The molecule has 0 aliphatic carbocycles. The summed E-state index contributed by atoms with van der Waals surface area (Å²) in [7, 11) is 0. The summed E-state index contributed by atoms with van der Waals surface area (Å²) in [5, 5.41) is 13.4. The summed E-state index contributed by atoms with van der Waals surface area (Å²) in [5.41, 5.74) is 1.08. The fourth-order valence-corrected chi connectivity index (χ4v) is 3.74. The van der Waals surface area contributed by atoms with Crippen LogP contribution in [0.1, 0.15) is 4.88 Å². The lowest BCUT2D eigenvalue weighted by molar-refractivity contribution is 0.0160. The molecule has 1 N–H and O–H groups in total. The Hall–Kier alpha value is -1.11. The van der Waals surface area contributed by atoms with Gasteiger partial charge in [-0.2, -0.15) is 0 Å². The SMILES string of the molecule is OC(CN1CCOCC1)CN(Cc1cccs1)c1ccc(Cl)cc1. The van der Waals surface area contributed by atoms with E-state index in [4.69, 9.17) is 16.3 Å². The Kier molecular flexibility index (Phi) is 6.51. The number of nitrogens with zero attached hydrogens (tertiary/aromatic N) is 2. The monoisotopic (exact) mass is 366 g/mol. The van der Waals surface area contributed by atoms with Crippen LogP contribution >= 0.6 is 22.9 Å². The van der Waals surface area contributed by atoms with Crippen molar-refractivity contribution in [2.75, 3.05) is 44.3 Å². The molecule has 1 aromatic heterocycles. The van der Waals surface area contributed by atoms with E-state index in [1.165, 1.54) is 4.88 Å². The number of morpholine rings is 1. The van der Waals surface area contributed by atoms with Crippen LogP contribution in [-0.4, -0.2) is 55.5 Å². The highest BCUT2D eigenvalue weighted by atomic mass is 35.5. The van der Waals surface area contributed by atoms with Crippen molar-refractivity contribution in [3.63, 3.8) is 0 Å². The predicted molar refractivity (Wildman–Crippen MR) is 100 cm³/mol. The largest absolute Gasteiger partial charge is 0.390 e. The van der Waals surface area contributed by atoms with Crippen molar-refractivity contribution < 1.29 is 9.84 Å². The molecule has 2 heterocycles. The highest BCUT2D eigenvalue weighted by Crippen LogP contribution is 2.22. The average Bonchev–Trinajstić information content (AvgIpc) is 3.09. The first kappa shape index (κ1) is 17.7. The van der Waals surface area contributed by atoms with Gasteiger partial charge in [0.1, 0.15) is 0 Å². The van der Waals surface area contributed by atoms with E-state index in [9.17, 15) is 5.11 Å². The Morgan fingerprint density at radius 3 is 2.62 bits per heavy atom. The van der Waals surface area contributed by atoms with Gasteiger partial charge in [0, 0.05) is 41.8 Å². The standard InChI is InChI=1S/C18H23ClN2O2S/c19-15-3-5-16(6-4-15)21(14-18-2-1-11-24-18)13-17(22)12-20-7-9-23-10-8-20/h1-6,11,17,22H,7-10,12-14H2. The lowest BCUT2D eigenvalue weighted by Gasteiger charge is -2.32. The quantitative estimate of drug-likeness (QED) is 0.816. The number of halogens is 1. The number of aliphatic hydroxyl groups excluding tert-OH is 1. The number of ether oxygens (including phenoxy) is 1. The van der Waals surface area contributed by atoms with Gasteiger partial charge in [-0.1, -0.05) is 17.7 Å². The van der Waals surface area contributed by atoms with Gasteiger partial charge in [-0.25, -0.2) is 0 Å². The molecular formula is C18H23ClN2O2S.